The van der Waals surface area contributed by atoms with Crippen molar-refractivity contribution in [3.05, 3.63) is 58.8 Å². The van der Waals surface area contributed by atoms with Crippen molar-refractivity contribution in [1.29, 1.82) is 0 Å². The molecule has 2 N–H and O–H groups in total. The number of halogens is 2. The molecule has 2 aromatic rings. The average molecular weight is 392 g/mol. The quantitative estimate of drug-likeness (QED) is 0.840. The Kier molecular flexibility index (Phi) is 4.80. The van der Waals surface area contributed by atoms with E-state index in [0.29, 0.717) is 17.9 Å². The molecule has 1 atom stereocenters. The minimum atomic E-state index is -0.365. The summed E-state index contributed by atoms with van der Waals surface area (Å²) in [4.78, 5) is 25.7. The van der Waals surface area contributed by atoms with Crippen LogP contribution in [0.4, 0.5) is 20.6 Å². The van der Waals surface area contributed by atoms with E-state index in [1.807, 2.05) is 12.1 Å². The fourth-order valence-electron chi connectivity index (χ4n) is 2.56. The first kappa shape index (κ1) is 16.4. The third kappa shape index (κ3) is 3.91. The number of carbonyl (C=O) groups excluding carboxylic acids is 2. The number of amides is 3. The molecular weight excluding hydrogens is 377 g/mol. The first-order valence-electron chi connectivity index (χ1n) is 7.40. The van der Waals surface area contributed by atoms with E-state index < -0.39 is 0 Å². The Bertz CT molecular complexity index is 749. The third-order valence-corrected chi connectivity index (χ3v) is 4.23. The van der Waals surface area contributed by atoms with Crippen molar-refractivity contribution in [3.8, 4) is 0 Å². The summed E-state index contributed by atoms with van der Waals surface area (Å²) in [6.07, 6.45) is 0.213. The van der Waals surface area contributed by atoms with Gasteiger partial charge in [0.25, 0.3) is 0 Å². The second-order valence-corrected chi connectivity index (χ2v) is 6.40. The molecule has 1 heterocycles. The van der Waals surface area contributed by atoms with Crippen LogP contribution in [0.25, 0.3) is 0 Å². The molecule has 0 spiro atoms. The summed E-state index contributed by atoms with van der Waals surface area (Å²) < 4.78 is 13.9. The van der Waals surface area contributed by atoms with Crippen molar-refractivity contribution in [2.24, 2.45) is 0 Å². The fraction of sp³-hybridized carbons (Fsp3) is 0.176. The number of carbonyl (C=O) groups is 2. The van der Waals surface area contributed by atoms with Gasteiger partial charge in [-0.05, 0) is 48.5 Å². The van der Waals surface area contributed by atoms with Gasteiger partial charge in [-0.15, -0.1) is 0 Å². The van der Waals surface area contributed by atoms with Crippen LogP contribution in [0, 0.1) is 5.82 Å². The molecule has 0 aromatic heterocycles. The summed E-state index contributed by atoms with van der Waals surface area (Å²) in [5, 5.41) is 5.51. The minimum Gasteiger partial charge on any atom is -0.333 e. The highest BCUT2D eigenvalue weighted by Gasteiger charge is 2.31. The molecule has 24 heavy (non-hydrogen) atoms. The monoisotopic (exact) mass is 391 g/mol. The van der Waals surface area contributed by atoms with Crippen molar-refractivity contribution in [1.82, 2.24) is 5.32 Å². The Morgan fingerprint density at radius 2 is 1.79 bits per heavy atom. The molecule has 7 heteroatoms. The number of benzene rings is 2. The molecule has 0 saturated carbocycles. The van der Waals surface area contributed by atoms with E-state index in [-0.39, 0.29) is 30.2 Å². The van der Waals surface area contributed by atoms with E-state index in [2.05, 4.69) is 26.6 Å². The maximum atomic E-state index is 13.0. The summed E-state index contributed by atoms with van der Waals surface area (Å²) >= 11 is 3.33. The van der Waals surface area contributed by atoms with E-state index in [1.54, 1.807) is 29.2 Å². The molecule has 1 aliphatic heterocycles. The highest BCUT2D eigenvalue weighted by atomic mass is 79.9. The molecule has 0 radical (unpaired) electrons. The number of urea groups is 1. The predicted molar refractivity (Wildman–Crippen MR) is 93.5 cm³/mol. The summed E-state index contributed by atoms with van der Waals surface area (Å²) in [6.45, 7) is 0.359. The zero-order valence-electron chi connectivity index (χ0n) is 12.6. The molecule has 1 saturated heterocycles. The number of nitrogens with zero attached hydrogens (tertiary/aromatic N) is 1. The minimum absolute atomic E-state index is 0.101. The van der Waals surface area contributed by atoms with Gasteiger partial charge in [0, 0.05) is 28.8 Å². The third-order valence-electron chi connectivity index (χ3n) is 3.70. The second kappa shape index (κ2) is 7.00. The molecule has 1 fully saturated rings. The number of rotatable bonds is 3. The zero-order valence-corrected chi connectivity index (χ0v) is 14.2. The Labute approximate surface area is 147 Å². The van der Waals surface area contributed by atoms with Crippen LogP contribution < -0.4 is 15.5 Å². The lowest BCUT2D eigenvalue weighted by molar-refractivity contribution is -0.117. The van der Waals surface area contributed by atoms with Gasteiger partial charge < -0.3 is 15.5 Å². The van der Waals surface area contributed by atoms with Gasteiger partial charge in [0.15, 0.2) is 0 Å². The molecule has 3 rings (SSSR count). The van der Waals surface area contributed by atoms with Crippen LogP contribution in [0.2, 0.25) is 0 Å². The molecule has 0 unspecified atom stereocenters. The topological polar surface area (TPSA) is 61.4 Å². The van der Waals surface area contributed by atoms with E-state index in [0.717, 1.165) is 4.47 Å². The lowest BCUT2D eigenvalue weighted by Gasteiger charge is -2.17. The lowest BCUT2D eigenvalue weighted by Crippen LogP contribution is -2.39. The molecule has 3 amide bonds. The van der Waals surface area contributed by atoms with E-state index in [4.69, 9.17) is 0 Å². The Balaban J connectivity index is 1.58. The van der Waals surface area contributed by atoms with Crippen molar-refractivity contribution in [2.75, 3.05) is 16.8 Å². The molecule has 5 nitrogen and oxygen atoms in total. The van der Waals surface area contributed by atoms with E-state index in [1.165, 1.54) is 12.1 Å². The standard InChI is InChI=1S/C17H15BrFN3O2/c18-11-1-5-13(6-2-11)20-17(24)21-14-9-16(23)22(10-14)15-7-3-12(19)4-8-15/h1-8,14H,9-10H2,(H2,20,21,24)/t14-/m0/s1. The molecule has 0 aliphatic carbocycles. The molecule has 0 bridgehead atoms. The molecular formula is C17H15BrFN3O2. The summed E-state index contributed by atoms with van der Waals surface area (Å²) in [6, 6.07) is 12.3. The first-order chi connectivity index (χ1) is 11.5. The van der Waals surface area contributed by atoms with Crippen LogP contribution in [0.3, 0.4) is 0 Å². The summed E-state index contributed by atoms with van der Waals surface area (Å²) in [5.74, 6) is -0.454. The number of hydrogen-bond acceptors (Lipinski definition) is 2. The van der Waals surface area contributed by atoms with Gasteiger partial charge >= 0.3 is 6.03 Å². The van der Waals surface area contributed by atoms with Crippen LogP contribution in [0.15, 0.2) is 53.0 Å². The van der Waals surface area contributed by atoms with Gasteiger partial charge in [-0.2, -0.15) is 0 Å². The Morgan fingerprint density at radius 1 is 1.12 bits per heavy atom. The van der Waals surface area contributed by atoms with Gasteiger partial charge in [-0.3, -0.25) is 4.79 Å². The van der Waals surface area contributed by atoms with Crippen LogP contribution in [-0.2, 0) is 4.79 Å². The van der Waals surface area contributed by atoms with Crippen molar-refractivity contribution < 1.29 is 14.0 Å². The van der Waals surface area contributed by atoms with Crippen molar-refractivity contribution >= 4 is 39.2 Å². The fourth-order valence-corrected chi connectivity index (χ4v) is 2.82. The highest BCUT2D eigenvalue weighted by molar-refractivity contribution is 9.10. The van der Waals surface area contributed by atoms with Gasteiger partial charge in [0.2, 0.25) is 5.91 Å². The second-order valence-electron chi connectivity index (χ2n) is 5.49. The average Bonchev–Trinajstić information content (AvgIpc) is 2.90. The SMILES string of the molecule is O=C(Nc1ccc(Br)cc1)N[C@H]1CC(=O)N(c2ccc(F)cc2)C1. The summed E-state index contributed by atoms with van der Waals surface area (Å²) in [7, 11) is 0. The van der Waals surface area contributed by atoms with E-state index in [9.17, 15) is 14.0 Å². The normalized spacial score (nSPS) is 17.0. The molecule has 2 aromatic carbocycles. The first-order valence-corrected chi connectivity index (χ1v) is 8.19. The predicted octanol–water partition coefficient (Wildman–Crippen LogP) is 3.52. The molecule has 124 valence electrons. The maximum absolute atomic E-state index is 13.0. The van der Waals surface area contributed by atoms with Gasteiger partial charge in [-0.25, -0.2) is 9.18 Å². The highest BCUT2D eigenvalue weighted by Crippen LogP contribution is 2.22. The van der Waals surface area contributed by atoms with E-state index >= 15 is 0 Å². The summed E-state index contributed by atoms with van der Waals surface area (Å²) in [5.41, 5.74) is 1.29. The van der Waals surface area contributed by atoms with Crippen molar-refractivity contribution in [3.63, 3.8) is 0 Å². The largest absolute Gasteiger partial charge is 0.333 e. The van der Waals surface area contributed by atoms with Crippen LogP contribution >= 0.6 is 15.9 Å². The van der Waals surface area contributed by atoms with Gasteiger partial charge in [0.05, 0.1) is 6.04 Å². The smallest absolute Gasteiger partial charge is 0.319 e. The van der Waals surface area contributed by atoms with Crippen LogP contribution in [-0.4, -0.2) is 24.5 Å². The van der Waals surface area contributed by atoms with Gasteiger partial charge in [0.1, 0.15) is 5.82 Å². The zero-order chi connectivity index (χ0) is 17.1. The van der Waals surface area contributed by atoms with Gasteiger partial charge in [-0.1, -0.05) is 15.9 Å². The number of anilines is 2. The maximum Gasteiger partial charge on any atom is 0.319 e. The Morgan fingerprint density at radius 3 is 2.46 bits per heavy atom. The van der Waals surface area contributed by atoms with Crippen LogP contribution in [0.5, 0.6) is 0 Å². The lowest BCUT2D eigenvalue weighted by atomic mass is 10.2. The molecule has 1 aliphatic rings. The number of hydrogen-bond donors (Lipinski definition) is 2. The number of nitrogens with one attached hydrogen (secondary N) is 2. The van der Waals surface area contributed by atoms with Crippen molar-refractivity contribution in [2.45, 2.75) is 12.5 Å². The Hall–Kier alpha value is -2.41. The van der Waals surface area contributed by atoms with Crippen LogP contribution in [0.1, 0.15) is 6.42 Å².